The first-order chi connectivity index (χ1) is 6.86. The van der Waals surface area contributed by atoms with Crippen LogP contribution in [0.1, 0.15) is 0 Å². The number of rotatable bonds is 0. The smallest absolute Gasteiger partial charge is 0.233 e. The first kappa shape index (κ1) is 7.38. The van der Waals surface area contributed by atoms with Gasteiger partial charge in [0.15, 0.2) is 6.20 Å². The molecule has 0 aliphatic rings. The topological polar surface area (TPSA) is 42.7 Å². The second kappa shape index (κ2) is 2.48. The Bertz CT molecular complexity index is 613. The average Bonchev–Trinajstić information content (AvgIpc) is 2.65. The van der Waals surface area contributed by atoms with E-state index in [1.807, 2.05) is 30.5 Å². The third-order valence-electron chi connectivity index (χ3n) is 2.45. The number of benzene rings is 1. The largest absolute Gasteiger partial charge is 0.618 e. The normalized spacial score (nSPS) is 11.1. The molecule has 2 aromatic heterocycles. The number of H-pyrrole nitrogens is 1. The molecular weight excluding hydrogens is 176 g/mol. The van der Waals surface area contributed by atoms with Crippen LogP contribution in [0.4, 0.5) is 0 Å². The lowest BCUT2D eigenvalue weighted by Gasteiger charge is -2.01. The van der Waals surface area contributed by atoms with Gasteiger partial charge in [-0.1, -0.05) is 0 Å². The number of aromatic amines is 1. The quantitative estimate of drug-likeness (QED) is 0.421. The van der Waals surface area contributed by atoms with Crippen molar-refractivity contribution in [2.45, 2.75) is 0 Å². The Morgan fingerprint density at radius 1 is 1.14 bits per heavy atom. The number of pyridine rings is 1. The summed E-state index contributed by atoms with van der Waals surface area (Å²) in [5, 5.41) is 13.5. The minimum atomic E-state index is 0.728. The van der Waals surface area contributed by atoms with Crippen LogP contribution in [0.3, 0.4) is 0 Å². The second-order valence-electron chi connectivity index (χ2n) is 3.28. The maximum absolute atomic E-state index is 11.6. The highest BCUT2D eigenvalue weighted by atomic mass is 16.5. The van der Waals surface area contributed by atoms with Crippen LogP contribution >= 0.6 is 0 Å². The second-order valence-corrected chi connectivity index (χ2v) is 3.28. The highest BCUT2D eigenvalue weighted by molar-refractivity contribution is 6.02. The first-order valence-electron chi connectivity index (χ1n) is 4.44. The van der Waals surface area contributed by atoms with Gasteiger partial charge in [0.1, 0.15) is 0 Å². The van der Waals surface area contributed by atoms with Gasteiger partial charge in [-0.2, -0.15) is 4.73 Å². The van der Waals surface area contributed by atoms with Gasteiger partial charge in [-0.3, -0.25) is 0 Å². The molecule has 0 saturated carbocycles. The molecule has 0 aliphatic carbocycles. The summed E-state index contributed by atoms with van der Waals surface area (Å²) >= 11 is 0. The zero-order valence-electron chi connectivity index (χ0n) is 7.40. The number of fused-ring (bicyclic) bond motifs is 3. The summed E-state index contributed by atoms with van der Waals surface area (Å²) in [4.78, 5) is 3.09. The molecule has 0 spiro atoms. The number of nitrogens with zero attached hydrogens (tertiary/aromatic N) is 1. The van der Waals surface area contributed by atoms with Crippen LogP contribution in [0.2, 0.25) is 0 Å². The van der Waals surface area contributed by atoms with Crippen LogP contribution in [0.15, 0.2) is 42.7 Å². The molecule has 3 aromatic rings. The van der Waals surface area contributed by atoms with E-state index in [-0.39, 0.29) is 0 Å². The first-order valence-corrected chi connectivity index (χ1v) is 4.44. The molecule has 3 heteroatoms. The predicted octanol–water partition coefficient (Wildman–Crippen LogP) is 1.95. The van der Waals surface area contributed by atoms with E-state index in [0.717, 1.165) is 26.5 Å². The van der Waals surface area contributed by atoms with Crippen molar-refractivity contribution >= 4 is 21.8 Å². The van der Waals surface area contributed by atoms with Crippen LogP contribution in [0.25, 0.3) is 21.8 Å². The fraction of sp³-hybridized carbons (Fsp3) is 0. The van der Waals surface area contributed by atoms with Crippen LogP contribution < -0.4 is 4.73 Å². The SMILES string of the molecule is [O-][n+]1cccc2ccc3[nH]ccc3c21. The van der Waals surface area contributed by atoms with Gasteiger partial charge in [-0.15, -0.1) is 0 Å². The molecule has 0 bridgehead atoms. The lowest BCUT2D eigenvalue weighted by molar-refractivity contribution is -0.576. The van der Waals surface area contributed by atoms with Crippen molar-refractivity contribution in [3.8, 4) is 0 Å². The van der Waals surface area contributed by atoms with E-state index >= 15 is 0 Å². The van der Waals surface area contributed by atoms with Crippen molar-refractivity contribution in [3.63, 3.8) is 0 Å². The van der Waals surface area contributed by atoms with Crippen molar-refractivity contribution in [3.05, 3.63) is 47.9 Å². The molecule has 0 amide bonds. The maximum Gasteiger partial charge on any atom is 0.233 e. The summed E-state index contributed by atoms with van der Waals surface area (Å²) in [7, 11) is 0. The van der Waals surface area contributed by atoms with Gasteiger partial charge in [0.25, 0.3) is 0 Å². The number of hydrogen-bond donors (Lipinski definition) is 1. The van der Waals surface area contributed by atoms with E-state index in [4.69, 9.17) is 0 Å². The summed E-state index contributed by atoms with van der Waals surface area (Å²) in [5.41, 5.74) is 1.72. The van der Waals surface area contributed by atoms with Crippen molar-refractivity contribution in [1.29, 1.82) is 0 Å². The number of hydrogen-bond acceptors (Lipinski definition) is 1. The minimum absolute atomic E-state index is 0.728. The third kappa shape index (κ3) is 0.836. The minimum Gasteiger partial charge on any atom is -0.618 e. The molecule has 0 fully saturated rings. The average molecular weight is 184 g/mol. The molecule has 0 radical (unpaired) electrons. The van der Waals surface area contributed by atoms with Gasteiger partial charge in [0, 0.05) is 17.6 Å². The van der Waals surface area contributed by atoms with E-state index < -0.39 is 0 Å². The van der Waals surface area contributed by atoms with E-state index in [0.29, 0.717) is 0 Å². The molecular formula is C11H8N2O. The van der Waals surface area contributed by atoms with Crippen LogP contribution in [-0.2, 0) is 0 Å². The van der Waals surface area contributed by atoms with Crippen LogP contribution in [0, 0.1) is 5.21 Å². The standard InChI is InChI=1S/C11H8N2O/c14-13-7-1-2-8-3-4-10-9(11(8)13)5-6-12-10/h1-7,12H. The summed E-state index contributed by atoms with van der Waals surface area (Å²) in [6.45, 7) is 0. The summed E-state index contributed by atoms with van der Waals surface area (Å²) < 4.78 is 0.908. The monoisotopic (exact) mass is 184 g/mol. The molecule has 68 valence electrons. The Labute approximate surface area is 80.2 Å². The van der Waals surface area contributed by atoms with Crippen molar-refractivity contribution < 1.29 is 4.73 Å². The fourth-order valence-electron chi connectivity index (χ4n) is 1.81. The number of aromatic nitrogens is 2. The van der Waals surface area contributed by atoms with Gasteiger partial charge >= 0.3 is 0 Å². The molecule has 0 atom stereocenters. The summed E-state index contributed by atoms with van der Waals surface area (Å²) in [6.07, 6.45) is 3.37. The Morgan fingerprint density at radius 3 is 3.00 bits per heavy atom. The molecule has 0 saturated heterocycles. The Hall–Kier alpha value is -2.03. The zero-order chi connectivity index (χ0) is 9.54. The van der Waals surface area contributed by atoms with E-state index in [1.165, 1.54) is 6.20 Å². The molecule has 3 rings (SSSR count). The van der Waals surface area contributed by atoms with Crippen LogP contribution in [-0.4, -0.2) is 4.98 Å². The summed E-state index contributed by atoms with van der Waals surface area (Å²) in [5.74, 6) is 0. The van der Waals surface area contributed by atoms with Gasteiger partial charge in [-0.05, 0) is 24.3 Å². The van der Waals surface area contributed by atoms with Gasteiger partial charge < -0.3 is 10.2 Å². The third-order valence-corrected chi connectivity index (χ3v) is 2.45. The molecule has 14 heavy (non-hydrogen) atoms. The molecule has 0 unspecified atom stereocenters. The molecule has 2 heterocycles. The predicted molar refractivity (Wildman–Crippen MR) is 54.8 cm³/mol. The maximum atomic E-state index is 11.6. The van der Waals surface area contributed by atoms with Crippen molar-refractivity contribution in [2.24, 2.45) is 0 Å². The van der Waals surface area contributed by atoms with E-state index in [9.17, 15) is 5.21 Å². The fourth-order valence-corrected chi connectivity index (χ4v) is 1.81. The highest BCUT2D eigenvalue weighted by Gasteiger charge is 2.08. The Kier molecular flexibility index (Phi) is 1.31. The summed E-state index contributed by atoms with van der Waals surface area (Å²) in [6, 6.07) is 9.55. The number of nitrogens with one attached hydrogen (secondary N) is 1. The lowest BCUT2D eigenvalue weighted by atomic mass is 10.1. The Morgan fingerprint density at radius 2 is 2.07 bits per heavy atom. The Balaban J connectivity index is 2.67. The zero-order valence-corrected chi connectivity index (χ0v) is 7.40. The van der Waals surface area contributed by atoms with E-state index in [2.05, 4.69) is 4.98 Å². The van der Waals surface area contributed by atoms with E-state index in [1.54, 1.807) is 6.07 Å². The molecule has 1 aromatic carbocycles. The molecule has 1 N–H and O–H groups in total. The van der Waals surface area contributed by atoms with Gasteiger partial charge in [0.2, 0.25) is 5.52 Å². The van der Waals surface area contributed by atoms with Crippen molar-refractivity contribution in [2.75, 3.05) is 0 Å². The molecule has 0 aliphatic heterocycles. The molecule has 3 nitrogen and oxygen atoms in total. The van der Waals surface area contributed by atoms with Crippen LogP contribution in [0.5, 0.6) is 0 Å². The van der Waals surface area contributed by atoms with Gasteiger partial charge in [0.05, 0.1) is 10.9 Å². The van der Waals surface area contributed by atoms with Gasteiger partial charge in [-0.25, -0.2) is 0 Å². The highest BCUT2D eigenvalue weighted by Crippen LogP contribution is 2.20. The lowest BCUT2D eigenvalue weighted by Crippen LogP contribution is -2.25. The van der Waals surface area contributed by atoms with Crippen molar-refractivity contribution in [1.82, 2.24) is 4.98 Å².